The standard InChI is InChI=1S/C15H16BrFN2/c1-10(12-7-13(17)9-18-8-12)19-11(2)14-5-3-4-6-15(14)16/h3-11,19H,1-2H3/t10?,11-/m0/s1. The van der Waals surface area contributed by atoms with Gasteiger partial charge in [0.15, 0.2) is 0 Å². The molecular formula is C15H16BrFN2. The fourth-order valence-corrected chi connectivity index (χ4v) is 2.68. The van der Waals surface area contributed by atoms with Crippen LogP contribution in [0.25, 0.3) is 0 Å². The maximum Gasteiger partial charge on any atom is 0.141 e. The molecule has 2 nitrogen and oxygen atoms in total. The van der Waals surface area contributed by atoms with E-state index < -0.39 is 0 Å². The quantitative estimate of drug-likeness (QED) is 0.902. The molecule has 0 bridgehead atoms. The van der Waals surface area contributed by atoms with Gasteiger partial charge < -0.3 is 5.32 Å². The van der Waals surface area contributed by atoms with Crippen LogP contribution in [0.4, 0.5) is 4.39 Å². The third-order valence-corrected chi connectivity index (χ3v) is 3.82. The van der Waals surface area contributed by atoms with Crippen LogP contribution in [0, 0.1) is 5.82 Å². The molecule has 1 aromatic carbocycles. The van der Waals surface area contributed by atoms with Gasteiger partial charge in [0.05, 0.1) is 6.20 Å². The fraction of sp³-hybridized carbons (Fsp3) is 0.267. The van der Waals surface area contributed by atoms with Crippen molar-refractivity contribution in [3.05, 3.63) is 64.1 Å². The van der Waals surface area contributed by atoms with E-state index in [1.54, 1.807) is 6.20 Å². The predicted octanol–water partition coefficient (Wildman–Crippen LogP) is 4.40. The molecule has 0 radical (unpaired) electrons. The SMILES string of the molecule is CC(N[C@@H](C)c1ccccc1Br)c1cncc(F)c1. The Morgan fingerprint density at radius 2 is 1.89 bits per heavy atom. The second kappa shape index (κ2) is 6.26. The smallest absolute Gasteiger partial charge is 0.141 e. The van der Waals surface area contributed by atoms with Crippen LogP contribution in [0.2, 0.25) is 0 Å². The predicted molar refractivity (Wildman–Crippen MR) is 78.3 cm³/mol. The Balaban J connectivity index is 2.11. The summed E-state index contributed by atoms with van der Waals surface area (Å²) in [6.07, 6.45) is 2.90. The van der Waals surface area contributed by atoms with Crippen molar-refractivity contribution in [3.63, 3.8) is 0 Å². The van der Waals surface area contributed by atoms with Crippen molar-refractivity contribution in [3.8, 4) is 0 Å². The Morgan fingerprint density at radius 1 is 1.16 bits per heavy atom. The molecule has 1 N–H and O–H groups in total. The van der Waals surface area contributed by atoms with Crippen molar-refractivity contribution in [2.24, 2.45) is 0 Å². The molecule has 0 saturated carbocycles. The highest BCUT2D eigenvalue weighted by Gasteiger charge is 2.13. The maximum absolute atomic E-state index is 13.2. The van der Waals surface area contributed by atoms with E-state index in [9.17, 15) is 4.39 Å². The Bertz CT molecular complexity index is 559. The first-order valence-electron chi connectivity index (χ1n) is 6.19. The minimum Gasteiger partial charge on any atom is -0.304 e. The molecule has 1 unspecified atom stereocenters. The van der Waals surface area contributed by atoms with Crippen molar-refractivity contribution >= 4 is 15.9 Å². The minimum absolute atomic E-state index is 0.0327. The van der Waals surface area contributed by atoms with E-state index in [0.29, 0.717) is 0 Å². The van der Waals surface area contributed by atoms with Crippen LogP contribution in [-0.2, 0) is 0 Å². The summed E-state index contributed by atoms with van der Waals surface area (Å²) in [7, 11) is 0. The highest BCUT2D eigenvalue weighted by atomic mass is 79.9. The van der Waals surface area contributed by atoms with Gasteiger partial charge in [0.25, 0.3) is 0 Å². The van der Waals surface area contributed by atoms with E-state index in [4.69, 9.17) is 0 Å². The van der Waals surface area contributed by atoms with Gasteiger partial charge in [-0.1, -0.05) is 34.1 Å². The van der Waals surface area contributed by atoms with E-state index in [0.717, 1.165) is 10.0 Å². The summed E-state index contributed by atoms with van der Waals surface area (Å²) in [6, 6.07) is 9.78. The maximum atomic E-state index is 13.2. The van der Waals surface area contributed by atoms with Crippen LogP contribution in [0.5, 0.6) is 0 Å². The van der Waals surface area contributed by atoms with Gasteiger partial charge in [0, 0.05) is 22.8 Å². The number of benzene rings is 1. The minimum atomic E-state index is -0.306. The summed E-state index contributed by atoms with van der Waals surface area (Å²) in [4.78, 5) is 3.88. The van der Waals surface area contributed by atoms with Crippen LogP contribution >= 0.6 is 15.9 Å². The van der Waals surface area contributed by atoms with Crippen molar-refractivity contribution in [2.75, 3.05) is 0 Å². The molecule has 0 spiro atoms. The molecule has 0 aliphatic carbocycles. The van der Waals surface area contributed by atoms with E-state index in [1.807, 2.05) is 25.1 Å². The number of aromatic nitrogens is 1. The Labute approximate surface area is 121 Å². The van der Waals surface area contributed by atoms with Gasteiger partial charge in [-0.3, -0.25) is 4.98 Å². The zero-order valence-corrected chi connectivity index (χ0v) is 12.5. The molecule has 2 atom stereocenters. The first-order chi connectivity index (χ1) is 9.08. The Kier molecular flexibility index (Phi) is 4.66. The average molecular weight is 323 g/mol. The van der Waals surface area contributed by atoms with E-state index in [-0.39, 0.29) is 17.9 Å². The first kappa shape index (κ1) is 14.2. The first-order valence-corrected chi connectivity index (χ1v) is 6.98. The molecule has 2 rings (SSSR count). The van der Waals surface area contributed by atoms with Gasteiger partial charge in [0.2, 0.25) is 0 Å². The highest BCUT2D eigenvalue weighted by Crippen LogP contribution is 2.25. The number of nitrogens with one attached hydrogen (secondary N) is 1. The zero-order valence-electron chi connectivity index (χ0n) is 10.9. The summed E-state index contributed by atoms with van der Waals surface area (Å²) in [6.45, 7) is 4.09. The van der Waals surface area contributed by atoms with E-state index >= 15 is 0 Å². The monoisotopic (exact) mass is 322 g/mol. The normalized spacial score (nSPS) is 14.1. The van der Waals surface area contributed by atoms with Gasteiger partial charge >= 0.3 is 0 Å². The van der Waals surface area contributed by atoms with Crippen LogP contribution in [-0.4, -0.2) is 4.98 Å². The second-order valence-electron chi connectivity index (χ2n) is 4.57. The van der Waals surface area contributed by atoms with Gasteiger partial charge in [-0.15, -0.1) is 0 Å². The van der Waals surface area contributed by atoms with Gasteiger partial charge in [0.1, 0.15) is 5.82 Å². The van der Waals surface area contributed by atoms with Crippen LogP contribution in [0.15, 0.2) is 47.2 Å². The highest BCUT2D eigenvalue weighted by molar-refractivity contribution is 9.10. The van der Waals surface area contributed by atoms with Gasteiger partial charge in [-0.2, -0.15) is 0 Å². The molecule has 0 aliphatic heterocycles. The molecular weight excluding hydrogens is 307 g/mol. The van der Waals surface area contributed by atoms with E-state index in [2.05, 4.69) is 39.2 Å². The summed E-state index contributed by atoms with van der Waals surface area (Å²) in [5, 5.41) is 3.44. The molecule has 1 heterocycles. The lowest BCUT2D eigenvalue weighted by Gasteiger charge is -2.21. The molecule has 0 aliphatic rings. The third kappa shape index (κ3) is 3.61. The molecule has 100 valence electrons. The number of halogens is 2. The van der Waals surface area contributed by atoms with Gasteiger partial charge in [-0.25, -0.2) is 4.39 Å². The summed E-state index contributed by atoms with van der Waals surface area (Å²) in [5.74, 6) is -0.306. The fourth-order valence-electron chi connectivity index (χ4n) is 2.05. The zero-order chi connectivity index (χ0) is 13.8. The number of pyridine rings is 1. The number of hydrogen-bond acceptors (Lipinski definition) is 2. The lowest BCUT2D eigenvalue weighted by Crippen LogP contribution is -2.23. The second-order valence-corrected chi connectivity index (χ2v) is 5.42. The molecule has 0 amide bonds. The summed E-state index contributed by atoms with van der Waals surface area (Å²) < 4.78 is 14.2. The van der Waals surface area contributed by atoms with Crippen LogP contribution in [0.3, 0.4) is 0 Å². The lowest BCUT2D eigenvalue weighted by atomic mass is 10.1. The van der Waals surface area contributed by atoms with Crippen molar-refractivity contribution in [2.45, 2.75) is 25.9 Å². The molecule has 1 aromatic heterocycles. The number of rotatable bonds is 4. The average Bonchev–Trinajstić information content (AvgIpc) is 2.39. The molecule has 4 heteroatoms. The van der Waals surface area contributed by atoms with Crippen LogP contribution in [0.1, 0.15) is 37.1 Å². The Hall–Kier alpha value is -1.26. The largest absolute Gasteiger partial charge is 0.304 e. The third-order valence-electron chi connectivity index (χ3n) is 3.10. The lowest BCUT2D eigenvalue weighted by molar-refractivity contribution is 0.489. The van der Waals surface area contributed by atoms with Crippen molar-refractivity contribution < 1.29 is 4.39 Å². The Morgan fingerprint density at radius 3 is 2.58 bits per heavy atom. The van der Waals surface area contributed by atoms with Crippen molar-refractivity contribution in [1.82, 2.24) is 10.3 Å². The topological polar surface area (TPSA) is 24.9 Å². The molecule has 0 fully saturated rings. The van der Waals surface area contributed by atoms with Crippen molar-refractivity contribution in [1.29, 1.82) is 0 Å². The van der Waals surface area contributed by atoms with E-state index in [1.165, 1.54) is 17.8 Å². The molecule has 0 saturated heterocycles. The number of nitrogens with zero attached hydrogens (tertiary/aromatic N) is 1. The molecule has 19 heavy (non-hydrogen) atoms. The molecule has 2 aromatic rings. The summed E-state index contributed by atoms with van der Waals surface area (Å²) >= 11 is 3.54. The summed E-state index contributed by atoms with van der Waals surface area (Å²) in [5.41, 5.74) is 2.03. The van der Waals surface area contributed by atoms with Crippen LogP contribution < -0.4 is 5.32 Å². The van der Waals surface area contributed by atoms with Gasteiger partial charge in [-0.05, 0) is 37.1 Å². The number of hydrogen-bond donors (Lipinski definition) is 1.